The number of sulfone groups is 1. The Kier molecular flexibility index (Phi) is 6.08. The van der Waals surface area contributed by atoms with E-state index in [1.54, 1.807) is 0 Å². The minimum absolute atomic E-state index is 0.125. The maximum atomic E-state index is 11.2. The zero-order chi connectivity index (χ0) is 13.6. The minimum atomic E-state index is -2.85. The molecule has 0 radical (unpaired) electrons. The van der Waals surface area contributed by atoms with Crippen LogP contribution in [0.1, 0.15) is 39.5 Å². The van der Waals surface area contributed by atoms with Gasteiger partial charge in [0.25, 0.3) is 0 Å². The van der Waals surface area contributed by atoms with Crippen LogP contribution in [-0.4, -0.2) is 46.2 Å². The van der Waals surface area contributed by atoms with Gasteiger partial charge in [-0.1, -0.05) is 6.92 Å². The van der Waals surface area contributed by atoms with Crippen LogP contribution in [0.15, 0.2) is 0 Å². The Morgan fingerprint density at radius 3 is 2.67 bits per heavy atom. The normalized spacial score (nSPS) is 28.7. The number of hydrogen-bond acceptors (Lipinski definition) is 4. The Labute approximate surface area is 111 Å². The molecule has 0 saturated carbocycles. The molecule has 18 heavy (non-hydrogen) atoms. The Morgan fingerprint density at radius 2 is 2.17 bits per heavy atom. The largest absolute Gasteiger partial charge is 0.378 e. The summed E-state index contributed by atoms with van der Waals surface area (Å²) < 4.78 is 28.1. The second kappa shape index (κ2) is 6.87. The molecule has 0 aromatic carbocycles. The van der Waals surface area contributed by atoms with E-state index in [1.807, 2.05) is 0 Å². The first-order chi connectivity index (χ1) is 8.40. The summed E-state index contributed by atoms with van der Waals surface area (Å²) in [7, 11) is -2.85. The average molecular weight is 277 g/mol. The molecule has 1 saturated heterocycles. The lowest BCUT2D eigenvalue weighted by atomic mass is 9.77. The molecule has 1 heterocycles. The molecule has 0 spiro atoms. The van der Waals surface area contributed by atoms with E-state index in [4.69, 9.17) is 4.74 Å². The van der Waals surface area contributed by atoms with Crippen molar-refractivity contribution in [3.8, 4) is 0 Å². The van der Waals surface area contributed by atoms with Crippen LogP contribution in [0.4, 0.5) is 0 Å². The summed E-state index contributed by atoms with van der Waals surface area (Å²) in [5.74, 6) is 0.287. The van der Waals surface area contributed by atoms with Crippen molar-refractivity contribution in [2.45, 2.75) is 45.6 Å². The Bertz CT molecular complexity index is 342. The smallest absolute Gasteiger partial charge is 0.147 e. The van der Waals surface area contributed by atoms with Gasteiger partial charge in [-0.05, 0) is 39.2 Å². The van der Waals surface area contributed by atoms with E-state index in [9.17, 15) is 8.42 Å². The third-order valence-corrected chi connectivity index (χ3v) is 4.95. The third-order valence-electron chi connectivity index (χ3n) is 3.92. The number of hydrogen-bond donors (Lipinski definition) is 1. The molecule has 0 bridgehead atoms. The Morgan fingerprint density at radius 1 is 1.44 bits per heavy atom. The fourth-order valence-electron chi connectivity index (χ4n) is 2.67. The van der Waals surface area contributed by atoms with Crippen molar-refractivity contribution in [2.24, 2.45) is 5.41 Å². The molecule has 1 fully saturated rings. The summed E-state index contributed by atoms with van der Waals surface area (Å²) in [5.41, 5.74) is 0.125. The fraction of sp³-hybridized carbons (Fsp3) is 1.00. The lowest BCUT2D eigenvalue weighted by Crippen LogP contribution is -2.40. The molecular weight excluding hydrogens is 250 g/mol. The van der Waals surface area contributed by atoms with Crippen LogP contribution < -0.4 is 5.32 Å². The van der Waals surface area contributed by atoms with Gasteiger partial charge in [0.1, 0.15) is 9.84 Å². The first-order valence-electron chi connectivity index (χ1n) is 6.90. The zero-order valence-electron chi connectivity index (χ0n) is 11.9. The van der Waals surface area contributed by atoms with Gasteiger partial charge in [-0.3, -0.25) is 0 Å². The monoisotopic (exact) mass is 277 g/mol. The minimum Gasteiger partial charge on any atom is -0.378 e. The van der Waals surface area contributed by atoms with Crippen LogP contribution in [0.2, 0.25) is 0 Å². The van der Waals surface area contributed by atoms with Crippen LogP contribution in [0, 0.1) is 5.41 Å². The van der Waals surface area contributed by atoms with Crippen LogP contribution >= 0.6 is 0 Å². The SMILES string of the molecule is CCCNCC1(CCCS(C)(=O)=O)CCOC1C. The molecule has 4 nitrogen and oxygen atoms in total. The van der Waals surface area contributed by atoms with Crippen LogP contribution in [-0.2, 0) is 14.6 Å². The topological polar surface area (TPSA) is 55.4 Å². The lowest BCUT2D eigenvalue weighted by Gasteiger charge is -2.32. The molecule has 1 N–H and O–H groups in total. The molecule has 1 aliphatic rings. The molecule has 0 aromatic rings. The van der Waals surface area contributed by atoms with Crippen molar-refractivity contribution in [2.75, 3.05) is 31.7 Å². The number of rotatable bonds is 8. The number of ether oxygens (including phenoxy) is 1. The molecule has 5 heteroatoms. The molecular formula is C13H27NO3S. The summed E-state index contributed by atoms with van der Waals surface area (Å²) in [6.45, 7) is 7.01. The van der Waals surface area contributed by atoms with E-state index in [0.717, 1.165) is 45.4 Å². The van der Waals surface area contributed by atoms with Crippen molar-refractivity contribution >= 4 is 9.84 Å². The maximum Gasteiger partial charge on any atom is 0.147 e. The van der Waals surface area contributed by atoms with Gasteiger partial charge in [0.2, 0.25) is 0 Å². The Hall–Kier alpha value is -0.130. The van der Waals surface area contributed by atoms with Gasteiger partial charge in [0.15, 0.2) is 0 Å². The van der Waals surface area contributed by atoms with E-state index >= 15 is 0 Å². The van der Waals surface area contributed by atoms with Crippen LogP contribution in [0.3, 0.4) is 0 Å². The highest BCUT2D eigenvalue weighted by Crippen LogP contribution is 2.38. The van der Waals surface area contributed by atoms with Gasteiger partial charge >= 0.3 is 0 Å². The molecule has 1 rings (SSSR count). The van der Waals surface area contributed by atoms with Gasteiger partial charge in [-0.25, -0.2) is 8.42 Å². The first kappa shape index (κ1) is 15.9. The van der Waals surface area contributed by atoms with Crippen molar-refractivity contribution in [3.63, 3.8) is 0 Å². The number of nitrogens with one attached hydrogen (secondary N) is 1. The molecule has 0 aromatic heterocycles. The van der Waals surface area contributed by atoms with Crippen molar-refractivity contribution in [1.82, 2.24) is 5.32 Å². The van der Waals surface area contributed by atoms with E-state index in [1.165, 1.54) is 6.26 Å². The summed E-state index contributed by atoms with van der Waals surface area (Å²) >= 11 is 0. The lowest BCUT2D eigenvalue weighted by molar-refractivity contribution is 0.0582. The van der Waals surface area contributed by atoms with Gasteiger partial charge in [-0.2, -0.15) is 0 Å². The predicted molar refractivity (Wildman–Crippen MR) is 74.6 cm³/mol. The highest BCUT2D eigenvalue weighted by molar-refractivity contribution is 7.90. The molecule has 2 atom stereocenters. The molecule has 2 unspecified atom stereocenters. The highest BCUT2D eigenvalue weighted by atomic mass is 32.2. The summed E-state index contributed by atoms with van der Waals surface area (Å²) in [6.07, 6.45) is 5.35. The van der Waals surface area contributed by atoms with Crippen LogP contribution in [0.5, 0.6) is 0 Å². The second-order valence-corrected chi connectivity index (χ2v) is 7.80. The quantitative estimate of drug-likeness (QED) is 0.685. The van der Waals surface area contributed by atoms with E-state index in [2.05, 4.69) is 19.2 Å². The highest BCUT2D eigenvalue weighted by Gasteiger charge is 2.40. The summed E-state index contributed by atoms with van der Waals surface area (Å²) in [5, 5.41) is 3.47. The van der Waals surface area contributed by atoms with Crippen molar-refractivity contribution in [3.05, 3.63) is 0 Å². The third kappa shape index (κ3) is 4.86. The van der Waals surface area contributed by atoms with E-state index in [0.29, 0.717) is 0 Å². The standard InChI is InChI=1S/C13H27NO3S/c1-4-8-14-11-13(7-9-17-12(13)2)6-5-10-18(3,15)16/h12,14H,4-11H2,1-3H3. The van der Waals surface area contributed by atoms with Crippen molar-refractivity contribution in [1.29, 1.82) is 0 Å². The average Bonchev–Trinajstić information content (AvgIpc) is 2.59. The molecule has 0 aliphatic carbocycles. The maximum absolute atomic E-state index is 11.2. The second-order valence-electron chi connectivity index (χ2n) is 5.54. The van der Waals surface area contributed by atoms with Gasteiger partial charge in [-0.15, -0.1) is 0 Å². The van der Waals surface area contributed by atoms with Gasteiger partial charge in [0, 0.05) is 30.6 Å². The zero-order valence-corrected chi connectivity index (χ0v) is 12.7. The molecule has 108 valence electrons. The molecule has 0 amide bonds. The molecule has 1 aliphatic heterocycles. The first-order valence-corrected chi connectivity index (χ1v) is 8.96. The fourth-order valence-corrected chi connectivity index (χ4v) is 3.34. The van der Waals surface area contributed by atoms with Gasteiger partial charge in [0.05, 0.1) is 6.10 Å². The van der Waals surface area contributed by atoms with Gasteiger partial charge < -0.3 is 10.1 Å². The predicted octanol–water partition coefficient (Wildman–Crippen LogP) is 1.61. The van der Waals surface area contributed by atoms with Crippen LogP contribution in [0.25, 0.3) is 0 Å². The summed E-state index contributed by atoms with van der Waals surface area (Å²) in [4.78, 5) is 0. The van der Waals surface area contributed by atoms with E-state index < -0.39 is 9.84 Å². The van der Waals surface area contributed by atoms with E-state index in [-0.39, 0.29) is 17.3 Å². The Balaban J connectivity index is 2.50. The summed E-state index contributed by atoms with van der Waals surface area (Å²) in [6, 6.07) is 0. The van der Waals surface area contributed by atoms with Crippen molar-refractivity contribution < 1.29 is 13.2 Å².